The fraction of sp³-hybridized carbons (Fsp3) is 0.562. The molecule has 0 N–H and O–H groups in total. The molecule has 7 heteroatoms. The largest absolute Gasteiger partial charge is 0.486 e. The van der Waals surface area contributed by atoms with E-state index >= 15 is 0 Å². The Morgan fingerprint density at radius 2 is 1.91 bits per heavy atom. The van der Waals surface area contributed by atoms with Crippen LogP contribution in [0.5, 0.6) is 11.5 Å². The molecule has 0 spiro atoms. The number of aryl methyl sites for hydroxylation is 1. The smallest absolute Gasteiger partial charge is 0.227 e. The van der Waals surface area contributed by atoms with Gasteiger partial charge in [-0.1, -0.05) is 0 Å². The van der Waals surface area contributed by atoms with Gasteiger partial charge in [-0.15, -0.1) is 0 Å². The molecule has 0 saturated carbocycles. The van der Waals surface area contributed by atoms with E-state index in [9.17, 15) is 13.2 Å². The van der Waals surface area contributed by atoms with Gasteiger partial charge in [0.15, 0.2) is 21.3 Å². The van der Waals surface area contributed by atoms with Crippen LogP contribution in [0.2, 0.25) is 0 Å². The Hall–Kier alpha value is -1.76. The molecule has 0 radical (unpaired) electrons. The maximum absolute atomic E-state index is 12.5. The van der Waals surface area contributed by atoms with Gasteiger partial charge >= 0.3 is 0 Å². The minimum Gasteiger partial charge on any atom is -0.486 e. The van der Waals surface area contributed by atoms with Gasteiger partial charge in [0, 0.05) is 13.1 Å². The highest BCUT2D eigenvalue weighted by Gasteiger charge is 2.32. The van der Waals surface area contributed by atoms with Gasteiger partial charge in [-0.25, -0.2) is 8.42 Å². The second-order valence-electron chi connectivity index (χ2n) is 6.16. The number of fused-ring (bicyclic) bond motifs is 1. The van der Waals surface area contributed by atoms with Crippen molar-refractivity contribution in [3.05, 3.63) is 23.3 Å². The molecular weight excluding hydrogens is 318 g/mol. The maximum atomic E-state index is 12.5. The molecule has 0 aliphatic carbocycles. The number of rotatable bonds is 3. The summed E-state index contributed by atoms with van der Waals surface area (Å²) in [5, 5.41) is 0. The zero-order valence-corrected chi connectivity index (χ0v) is 14.2. The number of carbonyl (C=O) groups is 1. The molecule has 1 aromatic carbocycles. The molecule has 23 heavy (non-hydrogen) atoms. The number of hydrogen-bond acceptors (Lipinski definition) is 5. The first-order valence-electron chi connectivity index (χ1n) is 7.71. The zero-order valence-electron chi connectivity index (χ0n) is 13.4. The predicted molar refractivity (Wildman–Crippen MR) is 85.7 cm³/mol. The van der Waals surface area contributed by atoms with Crippen molar-refractivity contribution in [1.82, 2.24) is 4.90 Å². The van der Waals surface area contributed by atoms with Crippen LogP contribution < -0.4 is 9.47 Å². The average Bonchev–Trinajstić information content (AvgIpc) is 2.87. The lowest BCUT2D eigenvalue weighted by Gasteiger charge is -2.24. The number of likely N-dealkylation sites (N-methyl/N-ethyl adjacent to an activating group) is 1. The third kappa shape index (κ3) is 3.44. The van der Waals surface area contributed by atoms with Gasteiger partial charge in [-0.05, 0) is 36.6 Å². The molecule has 1 amide bonds. The molecule has 1 aromatic rings. The van der Waals surface area contributed by atoms with Crippen LogP contribution in [-0.4, -0.2) is 57.0 Å². The molecule has 2 aliphatic heterocycles. The van der Waals surface area contributed by atoms with Gasteiger partial charge in [0.2, 0.25) is 5.91 Å². The summed E-state index contributed by atoms with van der Waals surface area (Å²) in [7, 11) is -1.32. The first kappa shape index (κ1) is 16.1. The van der Waals surface area contributed by atoms with E-state index in [1.54, 1.807) is 11.9 Å². The normalized spacial score (nSPS) is 21.9. The van der Waals surface area contributed by atoms with E-state index in [0.717, 1.165) is 11.1 Å². The molecular formula is C16H21NO5S. The highest BCUT2D eigenvalue weighted by molar-refractivity contribution is 7.91. The highest BCUT2D eigenvalue weighted by atomic mass is 32.2. The summed E-state index contributed by atoms with van der Waals surface area (Å²) in [6.45, 7) is 2.97. The third-order valence-electron chi connectivity index (χ3n) is 4.49. The van der Waals surface area contributed by atoms with Crippen molar-refractivity contribution in [2.75, 3.05) is 31.8 Å². The van der Waals surface area contributed by atoms with Crippen molar-refractivity contribution in [2.24, 2.45) is 0 Å². The van der Waals surface area contributed by atoms with Gasteiger partial charge < -0.3 is 14.4 Å². The number of hydrogen-bond donors (Lipinski definition) is 0. The molecule has 1 unspecified atom stereocenters. The van der Waals surface area contributed by atoms with E-state index in [0.29, 0.717) is 31.1 Å². The summed E-state index contributed by atoms with van der Waals surface area (Å²) in [5.41, 5.74) is 1.85. The summed E-state index contributed by atoms with van der Waals surface area (Å²) in [6.07, 6.45) is 0.750. The van der Waals surface area contributed by atoms with Crippen LogP contribution in [0.15, 0.2) is 12.1 Å². The third-order valence-corrected chi connectivity index (χ3v) is 6.24. The number of nitrogens with zero attached hydrogens (tertiary/aromatic N) is 1. The maximum Gasteiger partial charge on any atom is 0.227 e. The molecule has 1 atom stereocenters. The lowest BCUT2D eigenvalue weighted by Crippen LogP contribution is -2.38. The molecule has 126 valence electrons. The van der Waals surface area contributed by atoms with E-state index in [1.807, 2.05) is 19.1 Å². The summed E-state index contributed by atoms with van der Waals surface area (Å²) < 4.78 is 34.2. The molecule has 0 aromatic heterocycles. The Kier molecular flexibility index (Phi) is 4.23. The monoisotopic (exact) mass is 339 g/mol. The number of benzene rings is 1. The summed E-state index contributed by atoms with van der Waals surface area (Å²) in [4.78, 5) is 14.1. The first-order valence-corrected chi connectivity index (χ1v) is 9.53. The van der Waals surface area contributed by atoms with Crippen LogP contribution in [-0.2, 0) is 21.1 Å². The molecule has 1 saturated heterocycles. The molecule has 0 bridgehead atoms. The van der Waals surface area contributed by atoms with Crippen LogP contribution in [0, 0.1) is 6.92 Å². The highest BCUT2D eigenvalue weighted by Crippen LogP contribution is 2.33. The van der Waals surface area contributed by atoms with E-state index in [1.165, 1.54) is 0 Å². The van der Waals surface area contributed by atoms with E-state index in [4.69, 9.17) is 9.47 Å². The van der Waals surface area contributed by atoms with Gasteiger partial charge in [0.1, 0.15) is 13.2 Å². The first-order chi connectivity index (χ1) is 10.9. The van der Waals surface area contributed by atoms with Gasteiger partial charge in [-0.3, -0.25) is 4.79 Å². The van der Waals surface area contributed by atoms with E-state index < -0.39 is 9.84 Å². The Labute approximate surface area is 136 Å². The molecule has 6 nitrogen and oxygen atoms in total. The lowest BCUT2D eigenvalue weighted by atomic mass is 10.0. The van der Waals surface area contributed by atoms with Gasteiger partial charge in [0.25, 0.3) is 0 Å². The summed E-state index contributed by atoms with van der Waals surface area (Å²) in [6, 6.07) is 3.52. The Bertz CT molecular complexity index is 728. The van der Waals surface area contributed by atoms with Gasteiger partial charge in [-0.2, -0.15) is 0 Å². The number of amides is 1. The molecule has 3 rings (SSSR count). The minimum absolute atomic E-state index is 0.0648. The van der Waals surface area contributed by atoms with Crippen LogP contribution in [0.25, 0.3) is 0 Å². The quantitative estimate of drug-likeness (QED) is 0.820. The minimum atomic E-state index is -3.00. The van der Waals surface area contributed by atoms with Crippen molar-refractivity contribution < 1.29 is 22.7 Å². The zero-order chi connectivity index (χ0) is 16.6. The lowest BCUT2D eigenvalue weighted by molar-refractivity contribution is -0.130. The fourth-order valence-corrected chi connectivity index (χ4v) is 4.77. The van der Waals surface area contributed by atoms with Crippen molar-refractivity contribution in [3.63, 3.8) is 0 Å². The van der Waals surface area contributed by atoms with Gasteiger partial charge in [0.05, 0.1) is 17.9 Å². The van der Waals surface area contributed by atoms with Crippen molar-refractivity contribution in [3.8, 4) is 11.5 Å². The van der Waals surface area contributed by atoms with E-state index in [-0.39, 0.29) is 29.9 Å². The molecule has 2 aliphatic rings. The van der Waals surface area contributed by atoms with Crippen molar-refractivity contribution in [1.29, 1.82) is 0 Å². The summed E-state index contributed by atoms with van der Waals surface area (Å²) >= 11 is 0. The topological polar surface area (TPSA) is 72.9 Å². The van der Waals surface area contributed by atoms with Crippen molar-refractivity contribution >= 4 is 15.7 Å². The van der Waals surface area contributed by atoms with Crippen LogP contribution in [0.3, 0.4) is 0 Å². The Balaban J connectivity index is 1.72. The Morgan fingerprint density at radius 1 is 1.26 bits per heavy atom. The number of carbonyl (C=O) groups excluding carboxylic acids is 1. The summed E-state index contributed by atoms with van der Waals surface area (Å²) in [5.74, 6) is 1.52. The van der Waals surface area contributed by atoms with Crippen LogP contribution >= 0.6 is 0 Å². The number of sulfone groups is 1. The Morgan fingerprint density at radius 3 is 2.52 bits per heavy atom. The second kappa shape index (κ2) is 6.03. The second-order valence-corrected chi connectivity index (χ2v) is 8.39. The molecule has 2 heterocycles. The van der Waals surface area contributed by atoms with Crippen LogP contribution in [0.1, 0.15) is 17.5 Å². The average molecular weight is 339 g/mol. The standard InChI is InChI=1S/C16H21NO5S/c1-11-7-14-15(22-5-4-21-14)8-12(11)9-16(18)17(2)13-3-6-23(19,20)10-13/h7-8,13H,3-6,9-10H2,1-2H3. The number of ether oxygens (including phenoxy) is 2. The van der Waals surface area contributed by atoms with Crippen molar-refractivity contribution in [2.45, 2.75) is 25.8 Å². The van der Waals surface area contributed by atoms with E-state index in [2.05, 4.69) is 0 Å². The predicted octanol–water partition coefficient (Wildman–Crippen LogP) is 0.954. The molecule has 1 fully saturated rings. The van der Waals surface area contributed by atoms with Crippen LogP contribution in [0.4, 0.5) is 0 Å². The SMILES string of the molecule is Cc1cc2c(cc1CC(=O)N(C)C1CCS(=O)(=O)C1)OCCO2. The fourth-order valence-electron chi connectivity index (χ4n) is 3.00.